The first-order chi connectivity index (χ1) is 13.0. The molecule has 144 valence electrons. The van der Waals surface area contributed by atoms with Crippen LogP contribution in [0.4, 0.5) is 20.2 Å². The Hall–Kier alpha value is -1.74. The number of likely N-dealkylation sites (tertiary alicyclic amines) is 1. The standard InChI is InChI=1S/C20H22F2IN3O/c1-13-12-14(23)4-7-17(13)25-19-15(5-6-16(21)18(19)22)20(27)24-8-11-26-9-2-3-10-26/h4-7,12,25H,2-3,8-11H2,1H3,(H,24,27). The van der Waals surface area contributed by atoms with E-state index in [2.05, 4.69) is 38.1 Å². The second kappa shape index (κ2) is 8.97. The third-order valence-corrected chi connectivity index (χ3v) is 5.37. The molecule has 0 spiro atoms. The zero-order valence-corrected chi connectivity index (χ0v) is 17.3. The number of benzene rings is 2. The fourth-order valence-electron chi connectivity index (χ4n) is 3.19. The Morgan fingerprint density at radius 2 is 1.93 bits per heavy atom. The van der Waals surface area contributed by atoms with Crippen LogP contribution in [0.1, 0.15) is 28.8 Å². The molecule has 1 heterocycles. The van der Waals surface area contributed by atoms with Gasteiger partial charge in [-0.25, -0.2) is 8.78 Å². The van der Waals surface area contributed by atoms with Crippen LogP contribution in [0.3, 0.4) is 0 Å². The van der Waals surface area contributed by atoms with Crippen molar-refractivity contribution >= 4 is 39.9 Å². The lowest BCUT2D eigenvalue weighted by atomic mass is 10.1. The summed E-state index contributed by atoms with van der Waals surface area (Å²) in [6.45, 7) is 5.19. The van der Waals surface area contributed by atoms with E-state index in [-0.39, 0.29) is 11.3 Å². The van der Waals surface area contributed by atoms with Crippen LogP contribution in [0.15, 0.2) is 30.3 Å². The molecular weight excluding hydrogens is 463 g/mol. The maximum atomic E-state index is 14.5. The fraction of sp³-hybridized carbons (Fsp3) is 0.350. The van der Waals surface area contributed by atoms with Crippen molar-refractivity contribution < 1.29 is 13.6 Å². The van der Waals surface area contributed by atoms with Crippen LogP contribution >= 0.6 is 22.6 Å². The molecule has 1 aliphatic rings. The van der Waals surface area contributed by atoms with Gasteiger partial charge in [-0.1, -0.05) is 0 Å². The summed E-state index contributed by atoms with van der Waals surface area (Å²) >= 11 is 2.18. The van der Waals surface area contributed by atoms with Gasteiger partial charge in [0.05, 0.1) is 11.3 Å². The molecule has 2 aromatic rings. The van der Waals surface area contributed by atoms with E-state index in [1.165, 1.54) is 18.9 Å². The van der Waals surface area contributed by atoms with E-state index in [0.29, 0.717) is 12.2 Å². The number of carbonyl (C=O) groups excluding carboxylic acids is 1. The summed E-state index contributed by atoms with van der Waals surface area (Å²) in [7, 11) is 0. The molecule has 27 heavy (non-hydrogen) atoms. The van der Waals surface area contributed by atoms with Crippen molar-refractivity contribution in [1.82, 2.24) is 10.2 Å². The minimum absolute atomic E-state index is 0.0910. The summed E-state index contributed by atoms with van der Waals surface area (Å²) < 4.78 is 29.3. The summed E-state index contributed by atoms with van der Waals surface area (Å²) in [6, 6.07) is 7.87. The summed E-state index contributed by atoms with van der Waals surface area (Å²) in [5.74, 6) is -2.46. The van der Waals surface area contributed by atoms with Gasteiger partial charge in [0.15, 0.2) is 11.6 Å². The van der Waals surface area contributed by atoms with Gasteiger partial charge in [0.2, 0.25) is 0 Å². The lowest BCUT2D eigenvalue weighted by Gasteiger charge is -2.17. The SMILES string of the molecule is Cc1cc(I)ccc1Nc1c(C(=O)NCCN2CCCC2)ccc(F)c1F. The Labute approximate surface area is 171 Å². The van der Waals surface area contributed by atoms with Crippen molar-refractivity contribution in [2.24, 2.45) is 0 Å². The predicted octanol–water partition coefficient (Wildman–Crippen LogP) is 4.45. The molecule has 4 nitrogen and oxygen atoms in total. The summed E-state index contributed by atoms with van der Waals surface area (Å²) in [5.41, 5.74) is 1.46. The minimum Gasteiger partial charge on any atom is -0.352 e. The van der Waals surface area contributed by atoms with Gasteiger partial charge in [-0.15, -0.1) is 0 Å². The van der Waals surface area contributed by atoms with Crippen LogP contribution < -0.4 is 10.6 Å². The highest BCUT2D eigenvalue weighted by molar-refractivity contribution is 14.1. The topological polar surface area (TPSA) is 44.4 Å². The van der Waals surface area contributed by atoms with Crippen molar-refractivity contribution in [3.63, 3.8) is 0 Å². The molecule has 0 saturated carbocycles. The number of amides is 1. The molecule has 1 saturated heterocycles. The van der Waals surface area contributed by atoms with Gasteiger partial charge in [-0.3, -0.25) is 4.79 Å². The number of nitrogens with one attached hydrogen (secondary N) is 2. The number of hydrogen-bond donors (Lipinski definition) is 2. The summed E-state index contributed by atoms with van der Waals surface area (Å²) in [6.07, 6.45) is 2.36. The molecule has 0 atom stereocenters. The second-order valence-corrected chi connectivity index (χ2v) is 7.92. The third kappa shape index (κ3) is 4.95. The highest BCUT2D eigenvalue weighted by Gasteiger charge is 2.20. The van der Waals surface area contributed by atoms with Crippen LogP contribution in [0.25, 0.3) is 0 Å². The number of hydrogen-bond acceptors (Lipinski definition) is 3. The molecule has 0 aliphatic carbocycles. The number of anilines is 2. The molecule has 3 rings (SSSR count). The summed E-state index contributed by atoms with van der Waals surface area (Å²) in [4.78, 5) is 14.8. The Kier molecular flexibility index (Phi) is 6.64. The second-order valence-electron chi connectivity index (χ2n) is 6.67. The first-order valence-corrected chi connectivity index (χ1v) is 10.1. The first-order valence-electron chi connectivity index (χ1n) is 8.97. The Bertz CT molecular complexity index is 838. The van der Waals surface area contributed by atoms with Crippen molar-refractivity contribution in [2.45, 2.75) is 19.8 Å². The molecule has 1 amide bonds. The lowest BCUT2D eigenvalue weighted by Crippen LogP contribution is -2.33. The van der Waals surface area contributed by atoms with Gasteiger partial charge < -0.3 is 15.5 Å². The Morgan fingerprint density at radius 1 is 1.19 bits per heavy atom. The molecule has 0 radical (unpaired) electrons. The van der Waals surface area contributed by atoms with E-state index in [4.69, 9.17) is 0 Å². The fourth-order valence-corrected chi connectivity index (χ4v) is 3.84. The van der Waals surface area contributed by atoms with Gasteiger partial charge in [0.1, 0.15) is 0 Å². The largest absolute Gasteiger partial charge is 0.352 e. The quantitative estimate of drug-likeness (QED) is 0.595. The molecule has 0 bridgehead atoms. The molecule has 7 heteroatoms. The van der Waals surface area contributed by atoms with E-state index >= 15 is 0 Å². The summed E-state index contributed by atoms with van der Waals surface area (Å²) in [5, 5.41) is 5.71. The Balaban J connectivity index is 1.78. The number of halogens is 3. The number of nitrogens with zero attached hydrogens (tertiary/aromatic N) is 1. The average molecular weight is 485 g/mol. The van der Waals surface area contributed by atoms with E-state index < -0.39 is 17.5 Å². The molecular formula is C20H22F2IN3O. The normalized spacial score (nSPS) is 14.4. The van der Waals surface area contributed by atoms with E-state index in [1.807, 2.05) is 19.1 Å². The molecule has 2 N–H and O–H groups in total. The van der Waals surface area contributed by atoms with Gasteiger partial charge in [0.25, 0.3) is 5.91 Å². The van der Waals surface area contributed by atoms with Crippen molar-refractivity contribution in [3.05, 3.63) is 56.7 Å². The van der Waals surface area contributed by atoms with Crippen molar-refractivity contribution in [2.75, 3.05) is 31.5 Å². The van der Waals surface area contributed by atoms with Gasteiger partial charge in [-0.05, 0) is 91.3 Å². The van der Waals surface area contributed by atoms with E-state index in [9.17, 15) is 13.6 Å². The average Bonchev–Trinajstić information content (AvgIpc) is 3.14. The predicted molar refractivity (Wildman–Crippen MR) is 112 cm³/mol. The van der Waals surface area contributed by atoms with Gasteiger partial charge in [-0.2, -0.15) is 0 Å². The van der Waals surface area contributed by atoms with Crippen LogP contribution in [0.5, 0.6) is 0 Å². The zero-order valence-electron chi connectivity index (χ0n) is 15.1. The minimum atomic E-state index is -1.06. The van der Waals surface area contributed by atoms with Crippen molar-refractivity contribution in [3.8, 4) is 0 Å². The van der Waals surface area contributed by atoms with E-state index in [0.717, 1.165) is 34.8 Å². The molecule has 1 aliphatic heterocycles. The lowest BCUT2D eigenvalue weighted by molar-refractivity contribution is 0.0950. The van der Waals surface area contributed by atoms with Crippen LogP contribution in [-0.4, -0.2) is 37.0 Å². The van der Waals surface area contributed by atoms with Crippen LogP contribution in [0.2, 0.25) is 0 Å². The van der Waals surface area contributed by atoms with Gasteiger partial charge >= 0.3 is 0 Å². The third-order valence-electron chi connectivity index (χ3n) is 4.70. The zero-order chi connectivity index (χ0) is 19.4. The van der Waals surface area contributed by atoms with Crippen LogP contribution in [-0.2, 0) is 0 Å². The van der Waals surface area contributed by atoms with Gasteiger partial charge in [0, 0.05) is 22.3 Å². The Morgan fingerprint density at radius 3 is 2.63 bits per heavy atom. The maximum Gasteiger partial charge on any atom is 0.253 e. The smallest absolute Gasteiger partial charge is 0.253 e. The van der Waals surface area contributed by atoms with Crippen LogP contribution in [0, 0.1) is 22.1 Å². The highest BCUT2D eigenvalue weighted by atomic mass is 127. The molecule has 0 aromatic heterocycles. The first kappa shape index (κ1) is 20.0. The van der Waals surface area contributed by atoms with E-state index in [1.54, 1.807) is 6.07 Å². The monoisotopic (exact) mass is 485 g/mol. The number of carbonyl (C=O) groups is 1. The maximum absolute atomic E-state index is 14.5. The highest BCUT2D eigenvalue weighted by Crippen LogP contribution is 2.28. The molecule has 2 aromatic carbocycles. The molecule has 0 unspecified atom stereocenters. The number of rotatable bonds is 6. The number of aryl methyl sites for hydroxylation is 1. The van der Waals surface area contributed by atoms with Crippen molar-refractivity contribution in [1.29, 1.82) is 0 Å². The molecule has 1 fully saturated rings.